The monoisotopic (exact) mass is 433 g/mol. The van der Waals surface area contributed by atoms with E-state index in [4.69, 9.17) is 9.47 Å². The molecule has 0 amide bonds. The molecule has 0 aromatic heterocycles. The Morgan fingerprint density at radius 3 is 2.42 bits per heavy atom. The van der Waals surface area contributed by atoms with Crippen LogP contribution in [0, 0.1) is 5.92 Å². The summed E-state index contributed by atoms with van der Waals surface area (Å²) >= 11 is 0. The zero-order chi connectivity index (χ0) is 22.0. The normalized spacial score (nSPS) is 20.7. The van der Waals surface area contributed by atoms with Gasteiger partial charge in [-0.3, -0.25) is 0 Å². The highest BCUT2D eigenvalue weighted by atomic mass is 16.5. The van der Waals surface area contributed by atoms with E-state index in [-0.39, 0.29) is 6.04 Å². The summed E-state index contributed by atoms with van der Waals surface area (Å²) in [5, 5.41) is 6.51. The number of para-hydroxylation sites is 1. The Hall–Kier alpha value is -3.72. The summed E-state index contributed by atoms with van der Waals surface area (Å²) in [5.74, 6) is 2.67. The lowest BCUT2D eigenvalue weighted by atomic mass is 9.76. The van der Waals surface area contributed by atoms with Crippen molar-refractivity contribution in [2.45, 2.75) is 18.4 Å². The van der Waals surface area contributed by atoms with E-state index in [1.54, 1.807) is 0 Å². The molecule has 4 aromatic rings. The van der Waals surface area contributed by atoms with Crippen LogP contribution in [-0.2, 0) is 0 Å². The van der Waals surface area contributed by atoms with Gasteiger partial charge in [-0.15, -0.1) is 0 Å². The Bertz CT molecular complexity index is 1290. The second-order valence-electron chi connectivity index (χ2n) is 8.80. The van der Waals surface area contributed by atoms with Gasteiger partial charge in [0.05, 0.1) is 6.04 Å². The van der Waals surface area contributed by atoms with Gasteiger partial charge in [0.2, 0.25) is 0 Å². The predicted octanol–water partition coefficient (Wildman–Crippen LogP) is 7.12. The number of benzene rings is 4. The lowest BCUT2D eigenvalue weighted by Crippen LogP contribution is -2.29. The molecule has 33 heavy (non-hydrogen) atoms. The Labute approximate surface area is 194 Å². The zero-order valence-corrected chi connectivity index (χ0v) is 18.5. The summed E-state index contributed by atoms with van der Waals surface area (Å²) in [4.78, 5) is 0. The average molecular weight is 434 g/mol. The second-order valence-corrected chi connectivity index (χ2v) is 8.80. The fraction of sp³-hybridized carbons (Fsp3) is 0.200. The molecule has 0 radical (unpaired) electrons. The predicted molar refractivity (Wildman–Crippen MR) is 134 cm³/mol. The van der Waals surface area contributed by atoms with E-state index in [9.17, 15) is 0 Å². The number of nitrogens with one attached hydrogen (secondary N) is 1. The van der Waals surface area contributed by atoms with Crippen molar-refractivity contribution in [3.05, 3.63) is 114 Å². The molecule has 1 N–H and O–H groups in total. The van der Waals surface area contributed by atoms with E-state index < -0.39 is 0 Å². The van der Waals surface area contributed by atoms with Gasteiger partial charge in [-0.1, -0.05) is 72.8 Å². The standard InChI is InChI=1S/C30H27NO2/c1-2-10-22(11-3-1)32-18-19-33-23-16-17-29-28(20-23)25-13-7-15-27(25)30(31-29)26-14-6-9-21-8-4-5-12-24(21)26/h1-14,16-17,20,25,27,30-31H,15,18-19H2. The van der Waals surface area contributed by atoms with Crippen molar-refractivity contribution < 1.29 is 9.47 Å². The molecule has 4 aromatic carbocycles. The molecule has 0 bridgehead atoms. The minimum atomic E-state index is 0.287. The van der Waals surface area contributed by atoms with Crippen LogP contribution in [0.5, 0.6) is 11.5 Å². The largest absolute Gasteiger partial charge is 0.490 e. The lowest BCUT2D eigenvalue weighted by molar-refractivity contribution is 0.217. The molecule has 1 heterocycles. The second kappa shape index (κ2) is 8.67. The summed E-state index contributed by atoms with van der Waals surface area (Å²) in [6.45, 7) is 1.04. The Morgan fingerprint density at radius 1 is 0.727 bits per heavy atom. The van der Waals surface area contributed by atoms with Crippen LogP contribution in [-0.4, -0.2) is 13.2 Å². The van der Waals surface area contributed by atoms with Gasteiger partial charge in [-0.25, -0.2) is 0 Å². The van der Waals surface area contributed by atoms with Crippen LogP contribution in [0.1, 0.15) is 29.5 Å². The zero-order valence-electron chi connectivity index (χ0n) is 18.5. The van der Waals surface area contributed by atoms with E-state index in [1.165, 1.54) is 27.6 Å². The summed E-state index contributed by atoms with van der Waals surface area (Å²) in [5.41, 5.74) is 3.91. The van der Waals surface area contributed by atoms with E-state index in [0.29, 0.717) is 25.0 Å². The van der Waals surface area contributed by atoms with Crippen molar-refractivity contribution in [2.75, 3.05) is 18.5 Å². The number of allylic oxidation sites excluding steroid dienone is 2. The average Bonchev–Trinajstić information content (AvgIpc) is 3.37. The molecule has 0 fully saturated rings. The van der Waals surface area contributed by atoms with Gasteiger partial charge in [-0.05, 0) is 64.6 Å². The van der Waals surface area contributed by atoms with Crippen molar-refractivity contribution in [1.29, 1.82) is 0 Å². The van der Waals surface area contributed by atoms with Crippen molar-refractivity contribution in [1.82, 2.24) is 0 Å². The van der Waals surface area contributed by atoms with Gasteiger partial charge in [-0.2, -0.15) is 0 Å². The molecule has 6 rings (SSSR count). The molecule has 0 saturated heterocycles. The minimum Gasteiger partial charge on any atom is -0.490 e. The molecule has 0 saturated carbocycles. The summed E-state index contributed by atoms with van der Waals surface area (Å²) < 4.78 is 11.8. The molecule has 3 nitrogen and oxygen atoms in total. The summed E-state index contributed by atoms with van der Waals surface area (Å²) in [6, 6.07) is 31.9. The molecule has 1 aliphatic heterocycles. The Kier molecular flexibility index (Phi) is 5.23. The van der Waals surface area contributed by atoms with Gasteiger partial charge in [0.15, 0.2) is 0 Å². The smallest absolute Gasteiger partial charge is 0.122 e. The van der Waals surface area contributed by atoms with Crippen LogP contribution in [0.3, 0.4) is 0 Å². The first kappa shape index (κ1) is 19.9. The fourth-order valence-electron chi connectivity index (χ4n) is 5.33. The highest BCUT2D eigenvalue weighted by Crippen LogP contribution is 2.51. The van der Waals surface area contributed by atoms with Gasteiger partial charge < -0.3 is 14.8 Å². The Balaban J connectivity index is 1.22. The third kappa shape index (κ3) is 3.84. The Morgan fingerprint density at radius 2 is 1.52 bits per heavy atom. The van der Waals surface area contributed by atoms with Crippen LogP contribution in [0.4, 0.5) is 5.69 Å². The highest BCUT2D eigenvalue weighted by Gasteiger charge is 2.38. The molecule has 0 spiro atoms. The topological polar surface area (TPSA) is 30.5 Å². The van der Waals surface area contributed by atoms with Gasteiger partial charge >= 0.3 is 0 Å². The van der Waals surface area contributed by atoms with Gasteiger partial charge in [0.25, 0.3) is 0 Å². The SMILES string of the molecule is C1=CC2c3cc(OCCOc4ccccc4)ccc3NC(c3cccc4ccccc34)C2C1. The maximum atomic E-state index is 6.03. The molecule has 3 unspecified atom stereocenters. The lowest BCUT2D eigenvalue weighted by Gasteiger charge is -2.38. The highest BCUT2D eigenvalue weighted by molar-refractivity contribution is 5.86. The summed E-state index contributed by atoms with van der Waals surface area (Å²) in [7, 11) is 0. The van der Waals surface area contributed by atoms with Crippen LogP contribution in [0.2, 0.25) is 0 Å². The number of hydrogen-bond acceptors (Lipinski definition) is 3. The third-order valence-corrected chi connectivity index (χ3v) is 6.86. The van der Waals surface area contributed by atoms with Crippen LogP contribution in [0.15, 0.2) is 103 Å². The van der Waals surface area contributed by atoms with Crippen molar-refractivity contribution >= 4 is 16.5 Å². The number of hydrogen-bond donors (Lipinski definition) is 1. The van der Waals surface area contributed by atoms with E-state index in [0.717, 1.165) is 17.9 Å². The van der Waals surface area contributed by atoms with Crippen molar-refractivity contribution in [2.24, 2.45) is 5.92 Å². The van der Waals surface area contributed by atoms with E-state index in [1.807, 2.05) is 30.3 Å². The third-order valence-electron chi connectivity index (χ3n) is 6.86. The number of rotatable bonds is 6. The maximum absolute atomic E-state index is 6.03. The first-order chi connectivity index (χ1) is 16.4. The van der Waals surface area contributed by atoms with Gasteiger partial charge in [0, 0.05) is 11.6 Å². The molecule has 3 heteroatoms. The molecular formula is C30H27NO2. The molecular weight excluding hydrogens is 406 g/mol. The van der Waals surface area contributed by atoms with E-state index in [2.05, 4.69) is 78.1 Å². The van der Waals surface area contributed by atoms with Crippen molar-refractivity contribution in [3.8, 4) is 11.5 Å². The van der Waals surface area contributed by atoms with Crippen LogP contribution < -0.4 is 14.8 Å². The maximum Gasteiger partial charge on any atom is 0.122 e. The number of ether oxygens (including phenoxy) is 2. The molecule has 2 aliphatic rings. The first-order valence-electron chi connectivity index (χ1n) is 11.7. The number of anilines is 1. The fourth-order valence-corrected chi connectivity index (χ4v) is 5.33. The van der Waals surface area contributed by atoms with Gasteiger partial charge in [0.1, 0.15) is 24.7 Å². The quantitative estimate of drug-likeness (QED) is 0.259. The van der Waals surface area contributed by atoms with E-state index >= 15 is 0 Å². The van der Waals surface area contributed by atoms with Crippen molar-refractivity contribution in [3.63, 3.8) is 0 Å². The number of fused-ring (bicyclic) bond motifs is 4. The first-order valence-corrected chi connectivity index (χ1v) is 11.7. The molecule has 3 atom stereocenters. The molecule has 1 aliphatic carbocycles. The van der Waals surface area contributed by atoms with Crippen LogP contribution >= 0.6 is 0 Å². The molecule has 164 valence electrons. The minimum absolute atomic E-state index is 0.287. The van der Waals surface area contributed by atoms with Crippen LogP contribution in [0.25, 0.3) is 10.8 Å². The summed E-state index contributed by atoms with van der Waals surface area (Å²) in [6.07, 6.45) is 5.80.